The number of piperazine rings is 1. The highest BCUT2D eigenvalue weighted by Gasteiger charge is 2.39. The second kappa shape index (κ2) is 5.24. The molecule has 2 aliphatic rings. The number of carbonyl (C=O) groups excluding carboxylic acids is 3. The van der Waals surface area contributed by atoms with Gasteiger partial charge in [-0.2, -0.15) is 0 Å². The summed E-state index contributed by atoms with van der Waals surface area (Å²) in [4.78, 5) is 37.8. The summed E-state index contributed by atoms with van der Waals surface area (Å²) in [6.07, 6.45) is 1.17. The second-order valence-corrected chi connectivity index (χ2v) is 5.94. The van der Waals surface area contributed by atoms with Crippen molar-refractivity contribution in [1.82, 2.24) is 15.5 Å². The number of rotatable bonds is 2. The van der Waals surface area contributed by atoms with E-state index in [9.17, 15) is 14.4 Å². The standard InChI is InChI=1S/C13H15N3O3S/c17-11-7-14-12(18)9-6-8(3-4-16(9)11)15-13(19)10-2-1-5-20-10/h1-2,5,8-9H,3-4,6-7H2,(H,14,18)(H,15,19). The lowest BCUT2D eigenvalue weighted by Gasteiger charge is -2.41. The van der Waals surface area contributed by atoms with Gasteiger partial charge in [0.2, 0.25) is 11.8 Å². The molecule has 20 heavy (non-hydrogen) atoms. The summed E-state index contributed by atoms with van der Waals surface area (Å²) in [5.41, 5.74) is 0. The van der Waals surface area contributed by atoms with Crippen molar-refractivity contribution < 1.29 is 14.4 Å². The summed E-state index contributed by atoms with van der Waals surface area (Å²) in [6.45, 7) is 0.605. The topological polar surface area (TPSA) is 78.5 Å². The van der Waals surface area contributed by atoms with E-state index < -0.39 is 6.04 Å². The molecule has 7 heteroatoms. The largest absolute Gasteiger partial charge is 0.348 e. The SMILES string of the molecule is O=C(NC1CCN2C(=O)CNC(=O)C2C1)c1cccs1. The third kappa shape index (κ3) is 2.40. The van der Waals surface area contributed by atoms with Gasteiger partial charge in [-0.25, -0.2) is 0 Å². The molecule has 0 radical (unpaired) electrons. The highest BCUT2D eigenvalue weighted by molar-refractivity contribution is 7.12. The molecule has 0 aliphatic carbocycles. The predicted octanol–water partition coefficient (Wildman–Crippen LogP) is -0.0327. The van der Waals surface area contributed by atoms with Gasteiger partial charge in [0.25, 0.3) is 5.91 Å². The second-order valence-electron chi connectivity index (χ2n) is 4.99. The average Bonchev–Trinajstić information content (AvgIpc) is 2.97. The van der Waals surface area contributed by atoms with Crippen LogP contribution in [0.1, 0.15) is 22.5 Å². The Bertz CT molecular complexity index is 543. The maximum Gasteiger partial charge on any atom is 0.261 e. The Hall–Kier alpha value is -1.89. The zero-order valence-corrected chi connectivity index (χ0v) is 11.6. The molecule has 1 aromatic rings. The van der Waals surface area contributed by atoms with Gasteiger partial charge in [-0.3, -0.25) is 14.4 Å². The van der Waals surface area contributed by atoms with E-state index in [0.29, 0.717) is 24.3 Å². The smallest absolute Gasteiger partial charge is 0.261 e. The Morgan fingerprint density at radius 3 is 3.05 bits per heavy atom. The number of thiophene rings is 1. The zero-order chi connectivity index (χ0) is 14.1. The van der Waals surface area contributed by atoms with Gasteiger partial charge < -0.3 is 15.5 Å². The summed E-state index contributed by atoms with van der Waals surface area (Å²) < 4.78 is 0. The fourth-order valence-electron chi connectivity index (χ4n) is 2.69. The van der Waals surface area contributed by atoms with Crippen molar-refractivity contribution >= 4 is 29.1 Å². The van der Waals surface area contributed by atoms with Gasteiger partial charge in [0.05, 0.1) is 11.4 Å². The van der Waals surface area contributed by atoms with Gasteiger partial charge in [0.1, 0.15) is 6.04 Å². The van der Waals surface area contributed by atoms with E-state index in [1.54, 1.807) is 11.0 Å². The van der Waals surface area contributed by atoms with Crippen molar-refractivity contribution in [2.45, 2.75) is 24.9 Å². The van der Waals surface area contributed by atoms with E-state index in [2.05, 4.69) is 10.6 Å². The van der Waals surface area contributed by atoms with Crippen molar-refractivity contribution in [3.05, 3.63) is 22.4 Å². The van der Waals surface area contributed by atoms with Gasteiger partial charge in [0, 0.05) is 12.6 Å². The van der Waals surface area contributed by atoms with Gasteiger partial charge in [0.15, 0.2) is 0 Å². The van der Waals surface area contributed by atoms with E-state index in [1.807, 2.05) is 11.4 Å². The number of piperidine rings is 1. The molecule has 3 rings (SSSR count). The van der Waals surface area contributed by atoms with E-state index in [0.717, 1.165) is 0 Å². The predicted molar refractivity (Wildman–Crippen MR) is 73.3 cm³/mol. The first kappa shape index (κ1) is 13.1. The monoisotopic (exact) mass is 293 g/mol. The Morgan fingerprint density at radius 2 is 2.30 bits per heavy atom. The van der Waals surface area contributed by atoms with Crippen LogP contribution in [0.2, 0.25) is 0 Å². The molecular weight excluding hydrogens is 278 g/mol. The number of hydrogen-bond donors (Lipinski definition) is 2. The van der Waals surface area contributed by atoms with Crippen LogP contribution in [0.5, 0.6) is 0 Å². The normalized spacial score (nSPS) is 25.9. The number of fused-ring (bicyclic) bond motifs is 1. The van der Waals surface area contributed by atoms with Crippen molar-refractivity contribution in [2.24, 2.45) is 0 Å². The molecule has 106 valence electrons. The molecule has 0 aromatic carbocycles. The molecule has 2 unspecified atom stereocenters. The molecule has 2 aliphatic heterocycles. The minimum atomic E-state index is -0.446. The van der Waals surface area contributed by atoms with Crippen molar-refractivity contribution in [2.75, 3.05) is 13.1 Å². The fourth-order valence-corrected chi connectivity index (χ4v) is 3.32. The van der Waals surface area contributed by atoms with E-state index >= 15 is 0 Å². The summed E-state index contributed by atoms with van der Waals surface area (Å²) >= 11 is 1.39. The van der Waals surface area contributed by atoms with Crippen LogP contribution in [-0.2, 0) is 9.59 Å². The zero-order valence-electron chi connectivity index (χ0n) is 10.8. The molecule has 2 atom stereocenters. The molecule has 0 spiro atoms. The van der Waals surface area contributed by atoms with Crippen LogP contribution in [0, 0.1) is 0 Å². The minimum Gasteiger partial charge on any atom is -0.348 e. The van der Waals surface area contributed by atoms with Crippen LogP contribution >= 0.6 is 11.3 Å². The molecule has 3 heterocycles. The number of nitrogens with one attached hydrogen (secondary N) is 2. The first-order chi connectivity index (χ1) is 9.65. The Morgan fingerprint density at radius 1 is 1.45 bits per heavy atom. The Balaban J connectivity index is 1.64. The van der Waals surface area contributed by atoms with Crippen molar-refractivity contribution in [1.29, 1.82) is 0 Å². The maximum absolute atomic E-state index is 12.0. The van der Waals surface area contributed by atoms with Crippen LogP contribution in [0.4, 0.5) is 0 Å². The third-order valence-corrected chi connectivity index (χ3v) is 4.59. The van der Waals surface area contributed by atoms with Crippen LogP contribution in [0.15, 0.2) is 17.5 Å². The third-order valence-electron chi connectivity index (χ3n) is 3.72. The van der Waals surface area contributed by atoms with E-state index in [4.69, 9.17) is 0 Å². The number of nitrogens with zero attached hydrogens (tertiary/aromatic N) is 1. The lowest BCUT2D eigenvalue weighted by atomic mass is 9.94. The van der Waals surface area contributed by atoms with Crippen LogP contribution in [0.25, 0.3) is 0 Å². The summed E-state index contributed by atoms with van der Waals surface area (Å²) in [5.74, 6) is -0.279. The van der Waals surface area contributed by atoms with Crippen LogP contribution in [0.3, 0.4) is 0 Å². The fraction of sp³-hybridized carbons (Fsp3) is 0.462. The molecule has 2 fully saturated rings. The first-order valence-corrected chi connectivity index (χ1v) is 7.44. The highest BCUT2D eigenvalue weighted by Crippen LogP contribution is 2.21. The summed E-state index contributed by atoms with van der Waals surface area (Å²) in [5, 5.41) is 7.39. The van der Waals surface area contributed by atoms with Crippen molar-refractivity contribution in [3.8, 4) is 0 Å². The van der Waals surface area contributed by atoms with E-state index in [-0.39, 0.29) is 30.3 Å². The summed E-state index contributed by atoms with van der Waals surface area (Å²) in [6, 6.07) is 3.09. The molecule has 1 aromatic heterocycles. The Kier molecular flexibility index (Phi) is 3.43. The highest BCUT2D eigenvalue weighted by atomic mass is 32.1. The quantitative estimate of drug-likeness (QED) is 0.803. The maximum atomic E-state index is 12.0. The molecule has 2 saturated heterocycles. The molecule has 2 N–H and O–H groups in total. The number of carbonyl (C=O) groups is 3. The minimum absolute atomic E-state index is 0.0439. The lowest BCUT2D eigenvalue weighted by Crippen LogP contribution is -2.63. The van der Waals surface area contributed by atoms with Gasteiger partial charge in [-0.05, 0) is 24.3 Å². The van der Waals surface area contributed by atoms with Gasteiger partial charge in [-0.15, -0.1) is 11.3 Å². The average molecular weight is 293 g/mol. The molecular formula is C13H15N3O3S. The van der Waals surface area contributed by atoms with E-state index in [1.165, 1.54) is 11.3 Å². The first-order valence-electron chi connectivity index (χ1n) is 6.56. The molecule has 0 bridgehead atoms. The molecule has 6 nitrogen and oxygen atoms in total. The van der Waals surface area contributed by atoms with Crippen LogP contribution < -0.4 is 10.6 Å². The van der Waals surface area contributed by atoms with Gasteiger partial charge in [-0.1, -0.05) is 6.07 Å². The lowest BCUT2D eigenvalue weighted by molar-refractivity contribution is -0.147. The molecule has 3 amide bonds. The van der Waals surface area contributed by atoms with Crippen LogP contribution in [-0.4, -0.2) is 47.8 Å². The molecule has 0 saturated carbocycles. The van der Waals surface area contributed by atoms with Gasteiger partial charge >= 0.3 is 0 Å². The van der Waals surface area contributed by atoms with Crippen molar-refractivity contribution in [3.63, 3.8) is 0 Å². The number of hydrogen-bond acceptors (Lipinski definition) is 4. The number of amides is 3. The summed E-state index contributed by atoms with van der Waals surface area (Å²) in [7, 11) is 0. The Labute approximate surface area is 120 Å².